The number of benzene rings is 1. The summed E-state index contributed by atoms with van der Waals surface area (Å²) < 4.78 is 0. The van der Waals surface area contributed by atoms with E-state index in [1.807, 2.05) is 41.1 Å². The molecule has 0 radical (unpaired) electrons. The lowest BCUT2D eigenvalue weighted by molar-refractivity contribution is -0.128. The highest BCUT2D eigenvalue weighted by Crippen LogP contribution is 2.37. The van der Waals surface area contributed by atoms with Crippen LogP contribution in [0.4, 0.5) is 5.82 Å². The maximum Gasteiger partial charge on any atom is 0.242 e. The van der Waals surface area contributed by atoms with Gasteiger partial charge in [-0.1, -0.05) is 23.7 Å². The van der Waals surface area contributed by atoms with Gasteiger partial charge in [-0.15, -0.1) is 11.3 Å². The number of amides is 1. The zero-order valence-corrected chi connectivity index (χ0v) is 16.1. The second kappa shape index (κ2) is 7.21. The number of halogens is 1. The largest absolute Gasteiger partial charge is 0.350 e. The summed E-state index contributed by atoms with van der Waals surface area (Å²) in [4.78, 5) is 26.2. The van der Waals surface area contributed by atoms with Crippen molar-refractivity contribution in [3.63, 3.8) is 0 Å². The fourth-order valence-electron chi connectivity index (χ4n) is 3.33. The highest BCUT2D eigenvalue weighted by Gasteiger charge is 2.22. The molecule has 1 fully saturated rings. The maximum atomic E-state index is 12.5. The third-order valence-corrected chi connectivity index (χ3v) is 5.84. The minimum atomic E-state index is 0.153. The Labute approximate surface area is 161 Å². The molecule has 0 atom stereocenters. The molecule has 0 bridgehead atoms. The molecule has 0 unspecified atom stereocenters. The second-order valence-electron chi connectivity index (χ2n) is 6.48. The zero-order chi connectivity index (χ0) is 18.1. The summed E-state index contributed by atoms with van der Waals surface area (Å²) in [6.45, 7) is 2.04. The van der Waals surface area contributed by atoms with E-state index in [9.17, 15) is 4.79 Å². The van der Waals surface area contributed by atoms with Crippen molar-refractivity contribution in [3.8, 4) is 11.1 Å². The summed E-state index contributed by atoms with van der Waals surface area (Å²) in [6, 6.07) is 7.75. The number of aromatic nitrogens is 2. The van der Waals surface area contributed by atoms with Crippen molar-refractivity contribution < 1.29 is 4.79 Å². The first-order valence-electron chi connectivity index (χ1n) is 8.60. The van der Waals surface area contributed by atoms with Gasteiger partial charge in [0, 0.05) is 36.1 Å². The van der Waals surface area contributed by atoms with E-state index in [1.54, 1.807) is 17.7 Å². The Balaban J connectivity index is 1.69. The Morgan fingerprint density at radius 1 is 1.23 bits per heavy atom. The van der Waals surface area contributed by atoms with Crippen LogP contribution in [0.1, 0.15) is 12.8 Å². The summed E-state index contributed by atoms with van der Waals surface area (Å²) in [7, 11) is 1.92. The van der Waals surface area contributed by atoms with Crippen LogP contribution in [0.5, 0.6) is 0 Å². The third-order valence-electron chi connectivity index (χ3n) is 4.70. The number of likely N-dealkylation sites (tertiary alicyclic amines) is 1. The van der Waals surface area contributed by atoms with E-state index in [-0.39, 0.29) is 5.91 Å². The number of nitrogens with zero attached hydrogens (tertiary/aromatic N) is 4. The van der Waals surface area contributed by atoms with Gasteiger partial charge in [0.05, 0.1) is 11.9 Å². The monoisotopic (exact) mass is 386 g/mol. The standard InChI is InChI=1S/C19H19ClN4OS/c1-23(10-16(25)24-8-2-3-9-24)18-17-15(11-26-19(17)22-12-21-18)13-4-6-14(20)7-5-13/h4-7,11-12H,2-3,8-10H2,1H3. The van der Waals surface area contributed by atoms with Crippen LogP contribution in [0, 0.1) is 0 Å². The third kappa shape index (κ3) is 3.27. The fourth-order valence-corrected chi connectivity index (χ4v) is 4.37. The molecule has 5 nitrogen and oxygen atoms in total. The minimum absolute atomic E-state index is 0.153. The van der Waals surface area contributed by atoms with Crippen molar-refractivity contribution in [2.24, 2.45) is 0 Å². The Bertz CT molecular complexity index is 934. The molecule has 1 amide bonds. The highest BCUT2D eigenvalue weighted by atomic mass is 35.5. The van der Waals surface area contributed by atoms with Crippen molar-refractivity contribution in [1.82, 2.24) is 14.9 Å². The van der Waals surface area contributed by atoms with Gasteiger partial charge in [-0.3, -0.25) is 4.79 Å². The summed E-state index contributed by atoms with van der Waals surface area (Å²) >= 11 is 7.60. The Hall–Kier alpha value is -2.18. The van der Waals surface area contributed by atoms with Crippen LogP contribution in [-0.2, 0) is 4.79 Å². The van der Waals surface area contributed by atoms with Gasteiger partial charge in [0.25, 0.3) is 0 Å². The lowest BCUT2D eigenvalue weighted by Gasteiger charge is -2.22. The molecule has 1 aliphatic heterocycles. The first-order chi connectivity index (χ1) is 12.6. The Morgan fingerprint density at radius 3 is 2.69 bits per heavy atom. The zero-order valence-electron chi connectivity index (χ0n) is 14.5. The lowest BCUT2D eigenvalue weighted by atomic mass is 10.1. The predicted octanol–water partition coefficient (Wildman–Crippen LogP) is 4.07. The first kappa shape index (κ1) is 17.2. The van der Waals surface area contributed by atoms with E-state index < -0.39 is 0 Å². The van der Waals surface area contributed by atoms with Crippen LogP contribution >= 0.6 is 22.9 Å². The molecule has 1 aromatic carbocycles. The molecular weight excluding hydrogens is 368 g/mol. The molecule has 0 saturated carbocycles. The molecule has 1 aliphatic rings. The summed E-state index contributed by atoms with van der Waals surface area (Å²) in [5.41, 5.74) is 2.13. The average molecular weight is 387 g/mol. The SMILES string of the molecule is CN(CC(=O)N1CCCC1)c1ncnc2scc(-c3ccc(Cl)cc3)c12. The van der Waals surface area contributed by atoms with E-state index in [1.165, 1.54) is 0 Å². The molecule has 26 heavy (non-hydrogen) atoms. The van der Waals surface area contributed by atoms with Gasteiger partial charge in [0.15, 0.2) is 0 Å². The Kier molecular flexibility index (Phi) is 4.78. The molecule has 134 valence electrons. The molecule has 3 heterocycles. The van der Waals surface area contributed by atoms with Crippen LogP contribution < -0.4 is 4.90 Å². The van der Waals surface area contributed by atoms with Crippen LogP contribution in [-0.4, -0.2) is 47.5 Å². The summed E-state index contributed by atoms with van der Waals surface area (Å²) in [5, 5.41) is 3.78. The van der Waals surface area contributed by atoms with Crippen molar-refractivity contribution in [1.29, 1.82) is 0 Å². The summed E-state index contributed by atoms with van der Waals surface area (Å²) in [6.07, 6.45) is 3.76. The first-order valence-corrected chi connectivity index (χ1v) is 9.86. The topological polar surface area (TPSA) is 49.3 Å². The highest BCUT2D eigenvalue weighted by molar-refractivity contribution is 7.17. The molecule has 4 rings (SSSR count). The Morgan fingerprint density at radius 2 is 1.96 bits per heavy atom. The van der Waals surface area contributed by atoms with Gasteiger partial charge >= 0.3 is 0 Å². The lowest BCUT2D eigenvalue weighted by Crippen LogP contribution is -2.37. The van der Waals surface area contributed by atoms with Gasteiger partial charge in [0.2, 0.25) is 5.91 Å². The van der Waals surface area contributed by atoms with Crippen LogP contribution in [0.25, 0.3) is 21.3 Å². The molecule has 1 saturated heterocycles. The number of likely N-dealkylation sites (N-methyl/N-ethyl adjacent to an activating group) is 1. The van der Waals surface area contributed by atoms with Gasteiger partial charge in [0.1, 0.15) is 17.0 Å². The predicted molar refractivity (Wildman–Crippen MR) is 107 cm³/mol. The number of fused-ring (bicyclic) bond motifs is 1. The summed E-state index contributed by atoms with van der Waals surface area (Å²) in [5.74, 6) is 0.939. The molecule has 0 aliphatic carbocycles. The number of hydrogen-bond acceptors (Lipinski definition) is 5. The van der Waals surface area contributed by atoms with Gasteiger partial charge < -0.3 is 9.80 Å². The smallest absolute Gasteiger partial charge is 0.242 e. The quantitative estimate of drug-likeness (QED) is 0.678. The van der Waals surface area contributed by atoms with Gasteiger partial charge in [-0.25, -0.2) is 9.97 Å². The fraction of sp³-hybridized carbons (Fsp3) is 0.316. The molecule has 7 heteroatoms. The number of thiophene rings is 1. The van der Waals surface area contributed by atoms with E-state index in [0.717, 1.165) is 53.1 Å². The molecule has 2 aromatic heterocycles. The molecule has 3 aromatic rings. The number of anilines is 1. The number of carbonyl (C=O) groups excluding carboxylic acids is 1. The number of rotatable bonds is 4. The normalized spacial score (nSPS) is 14.2. The van der Waals surface area contributed by atoms with Crippen LogP contribution in [0.15, 0.2) is 36.0 Å². The molecule has 0 N–H and O–H groups in total. The van der Waals surface area contributed by atoms with Crippen LogP contribution in [0.3, 0.4) is 0 Å². The van der Waals surface area contributed by atoms with Crippen molar-refractivity contribution in [3.05, 3.63) is 41.0 Å². The number of hydrogen-bond donors (Lipinski definition) is 0. The van der Waals surface area contributed by atoms with Crippen molar-refractivity contribution >= 4 is 44.9 Å². The van der Waals surface area contributed by atoms with E-state index in [4.69, 9.17) is 11.6 Å². The molecular formula is C19H19ClN4OS. The maximum absolute atomic E-state index is 12.5. The number of carbonyl (C=O) groups is 1. The van der Waals surface area contributed by atoms with E-state index in [2.05, 4.69) is 15.3 Å². The van der Waals surface area contributed by atoms with E-state index >= 15 is 0 Å². The average Bonchev–Trinajstić information content (AvgIpc) is 3.32. The van der Waals surface area contributed by atoms with E-state index in [0.29, 0.717) is 11.6 Å². The van der Waals surface area contributed by atoms with Gasteiger partial charge in [-0.05, 0) is 30.5 Å². The van der Waals surface area contributed by atoms with Crippen LogP contribution in [0.2, 0.25) is 5.02 Å². The molecule has 0 spiro atoms. The minimum Gasteiger partial charge on any atom is -0.350 e. The second-order valence-corrected chi connectivity index (χ2v) is 7.77. The van der Waals surface area contributed by atoms with Crippen molar-refractivity contribution in [2.45, 2.75) is 12.8 Å². The van der Waals surface area contributed by atoms with Crippen molar-refractivity contribution in [2.75, 3.05) is 31.6 Å². The van der Waals surface area contributed by atoms with Gasteiger partial charge in [-0.2, -0.15) is 0 Å².